The number of rotatable bonds is 6. The Balaban J connectivity index is 2.06. The van der Waals surface area contributed by atoms with Gasteiger partial charge in [0.15, 0.2) is 0 Å². The predicted molar refractivity (Wildman–Crippen MR) is 101 cm³/mol. The summed E-state index contributed by atoms with van der Waals surface area (Å²) in [6.45, 7) is 5.04. The van der Waals surface area contributed by atoms with Crippen LogP contribution in [0.25, 0.3) is 6.08 Å². The second kappa shape index (κ2) is 8.93. The molecule has 2 amide bonds. The lowest BCUT2D eigenvalue weighted by molar-refractivity contribution is -0.114. The molecular weight excluding hydrogens is 354 g/mol. The van der Waals surface area contributed by atoms with Gasteiger partial charge in [-0.3, -0.25) is 9.59 Å². The smallest absolute Gasteiger partial charge is 0.248 e. The zero-order chi connectivity index (χ0) is 20.0. The van der Waals surface area contributed by atoms with Crippen molar-refractivity contribution in [3.63, 3.8) is 0 Å². The average Bonchev–Trinajstić information content (AvgIpc) is 2.57. The summed E-state index contributed by atoms with van der Waals surface area (Å²) >= 11 is 0. The van der Waals surface area contributed by atoms with Crippen LogP contribution in [0.4, 0.5) is 20.2 Å². The largest absolute Gasteiger partial charge is 0.491 e. The highest BCUT2D eigenvalue weighted by atomic mass is 19.1. The number of amides is 2. The number of carbonyl (C=O) groups excluding carboxylic acids is 2. The average molecular weight is 374 g/mol. The summed E-state index contributed by atoms with van der Waals surface area (Å²) in [6, 6.07) is 8.71. The van der Waals surface area contributed by atoms with Crippen LogP contribution < -0.4 is 15.4 Å². The molecule has 2 N–H and O–H groups in total. The van der Waals surface area contributed by atoms with E-state index in [9.17, 15) is 18.4 Å². The van der Waals surface area contributed by atoms with E-state index >= 15 is 0 Å². The van der Waals surface area contributed by atoms with Gasteiger partial charge in [-0.05, 0) is 43.7 Å². The van der Waals surface area contributed by atoms with Crippen molar-refractivity contribution < 1.29 is 23.1 Å². The highest BCUT2D eigenvalue weighted by molar-refractivity contribution is 6.02. The molecule has 27 heavy (non-hydrogen) atoms. The third kappa shape index (κ3) is 6.22. The third-order valence-electron chi connectivity index (χ3n) is 3.30. The number of nitrogens with one attached hydrogen (secondary N) is 2. The fourth-order valence-corrected chi connectivity index (χ4v) is 2.21. The van der Waals surface area contributed by atoms with Crippen LogP contribution in [0.5, 0.6) is 5.75 Å². The first-order valence-corrected chi connectivity index (χ1v) is 8.27. The van der Waals surface area contributed by atoms with E-state index in [-0.39, 0.29) is 17.5 Å². The maximum absolute atomic E-state index is 13.8. The summed E-state index contributed by atoms with van der Waals surface area (Å²) < 4.78 is 33.0. The normalized spacial score (nSPS) is 10.9. The van der Waals surface area contributed by atoms with Crippen LogP contribution in [-0.4, -0.2) is 17.9 Å². The van der Waals surface area contributed by atoms with Gasteiger partial charge in [-0.1, -0.05) is 12.1 Å². The summed E-state index contributed by atoms with van der Waals surface area (Å²) in [5.41, 5.74) is 0.291. The lowest BCUT2D eigenvalue weighted by atomic mass is 10.2. The van der Waals surface area contributed by atoms with E-state index in [2.05, 4.69) is 10.6 Å². The molecule has 2 aromatic rings. The maximum atomic E-state index is 13.8. The van der Waals surface area contributed by atoms with Crippen LogP contribution in [-0.2, 0) is 9.59 Å². The van der Waals surface area contributed by atoms with Crippen molar-refractivity contribution in [3.8, 4) is 5.75 Å². The Bertz CT molecular complexity index is 862. The van der Waals surface area contributed by atoms with Crippen molar-refractivity contribution in [3.05, 3.63) is 59.7 Å². The molecule has 0 aliphatic rings. The number of hydrogen-bond acceptors (Lipinski definition) is 3. The first kappa shape index (κ1) is 20.1. The second-order valence-corrected chi connectivity index (χ2v) is 6.05. The highest BCUT2D eigenvalue weighted by Gasteiger charge is 2.12. The molecule has 0 bridgehead atoms. The van der Waals surface area contributed by atoms with Crippen LogP contribution >= 0.6 is 0 Å². The zero-order valence-corrected chi connectivity index (χ0v) is 15.2. The molecule has 0 unspecified atom stereocenters. The van der Waals surface area contributed by atoms with E-state index in [1.807, 2.05) is 13.8 Å². The molecule has 2 rings (SSSR count). The Morgan fingerprint density at radius 3 is 2.15 bits per heavy atom. The Hall–Kier alpha value is -3.22. The maximum Gasteiger partial charge on any atom is 0.248 e. The molecule has 0 saturated heterocycles. The van der Waals surface area contributed by atoms with Gasteiger partial charge >= 0.3 is 0 Å². The quantitative estimate of drug-likeness (QED) is 0.738. The third-order valence-corrected chi connectivity index (χ3v) is 3.30. The van der Waals surface area contributed by atoms with Crippen molar-refractivity contribution in [1.82, 2.24) is 0 Å². The summed E-state index contributed by atoms with van der Waals surface area (Å²) in [4.78, 5) is 23.0. The number of anilines is 2. The van der Waals surface area contributed by atoms with E-state index in [4.69, 9.17) is 4.74 Å². The van der Waals surface area contributed by atoms with Crippen LogP contribution in [0.1, 0.15) is 26.3 Å². The Morgan fingerprint density at radius 2 is 1.59 bits per heavy atom. The van der Waals surface area contributed by atoms with Crippen molar-refractivity contribution in [2.75, 3.05) is 10.6 Å². The summed E-state index contributed by atoms with van der Waals surface area (Å²) in [5, 5.41) is 4.54. The SMILES string of the molecule is CC(=O)Nc1cc(NC(=O)/C=C/c2ccc(OC(C)C)cc2)c(F)cc1F. The lowest BCUT2D eigenvalue weighted by Crippen LogP contribution is -2.12. The second-order valence-electron chi connectivity index (χ2n) is 6.05. The molecular formula is C20H20F2N2O3. The molecule has 0 radical (unpaired) electrons. The minimum atomic E-state index is -0.946. The molecule has 7 heteroatoms. The Morgan fingerprint density at radius 1 is 1.00 bits per heavy atom. The first-order valence-electron chi connectivity index (χ1n) is 8.27. The van der Waals surface area contributed by atoms with E-state index < -0.39 is 23.4 Å². The molecule has 0 spiro atoms. The van der Waals surface area contributed by atoms with E-state index in [1.165, 1.54) is 13.0 Å². The van der Waals surface area contributed by atoms with Gasteiger partial charge in [0.05, 0.1) is 17.5 Å². The van der Waals surface area contributed by atoms with E-state index in [0.717, 1.165) is 11.6 Å². The number of hydrogen-bond donors (Lipinski definition) is 2. The van der Waals surface area contributed by atoms with Gasteiger partial charge < -0.3 is 15.4 Å². The first-order chi connectivity index (χ1) is 12.7. The lowest BCUT2D eigenvalue weighted by Gasteiger charge is -2.09. The number of halogens is 2. The molecule has 0 aliphatic carbocycles. The van der Waals surface area contributed by atoms with E-state index in [0.29, 0.717) is 11.8 Å². The minimum Gasteiger partial charge on any atom is -0.491 e. The molecule has 0 heterocycles. The zero-order valence-electron chi connectivity index (χ0n) is 15.2. The molecule has 0 atom stereocenters. The van der Waals surface area contributed by atoms with Gasteiger partial charge in [0.1, 0.15) is 17.4 Å². The standard InChI is InChI=1S/C20H20F2N2O3/c1-12(2)27-15-7-4-14(5-8-15)6-9-20(26)24-19-11-18(23-13(3)25)16(21)10-17(19)22/h4-12H,1-3H3,(H,23,25)(H,24,26)/b9-6+. The van der Waals surface area contributed by atoms with E-state index in [1.54, 1.807) is 30.3 Å². The van der Waals surface area contributed by atoms with Crippen LogP contribution in [0.15, 0.2) is 42.5 Å². The van der Waals surface area contributed by atoms with Crippen molar-refractivity contribution in [1.29, 1.82) is 0 Å². The fraction of sp³-hybridized carbons (Fsp3) is 0.200. The Kier molecular flexibility index (Phi) is 6.65. The minimum absolute atomic E-state index is 0.0603. The van der Waals surface area contributed by atoms with Crippen molar-refractivity contribution >= 4 is 29.3 Å². The van der Waals surface area contributed by atoms with Gasteiger partial charge in [-0.15, -0.1) is 0 Å². The Labute approximate surface area is 156 Å². The molecule has 0 aliphatic heterocycles. The van der Waals surface area contributed by atoms with Gasteiger partial charge in [-0.25, -0.2) is 8.78 Å². The number of carbonyl (C=O) groups is 2. The van der Waals surface area contributed by atoms with Crippen LogP contribution in [0, 0.1) is 11.6 Å². The van der Waals surface area contributed by atoms with Crippen molar-refractivity contribution in [2.45, 2.75) is 26.9 Å². The highest BCUT2D eigenvalue weighted by Crippen LogP contribution is 2.23. The number of benzene rings is 2. The monoisotopic (exact) mass is 374 g/mol. The van der Waals surface area contributed by atoms with Crippen molar-refractivity contribution in [2.24, 2.45) is 0 Å². The summed E-state index contributed by atoms with van der Waals surface area (Å²) in [5.74, 6) is -2.27. The summed E-state index contributed by atoms with van der Waals surface area (Å²) in [7, 11) is 0. The predicted octanol–water partition coefficient (Wildman–Crippen LogP) is 4.36. The molecule has 0 aromatic heterocycles. The molecule has 0 saturated carbocycles. The molecule has 5 nitrogen and oxygen atoms in total. The topological polar surface area (TPSA) is 67.4 Å². The van der Waals surface area contributed by atoms with Gasteiger partial charge in [-0.2, -0.15) is 0 Å². The molecule has 142 valence electrons. The fourth-order valence-electron chi connectivity index (χ4n) is 2.21. The number of ether oxygens (including phenoxy) is 1. The summed E-state index contributed by atoms with van der Waals surface area (Å²) in [6.07, 6.45) is 2.83. The molecule has 0 fully saturated rings. The van der Waals surface area contributed by atoms with Gasteiger partial charge in [0.2, 0.25) is 11.8 Å². The van der Waals surface area contributed by atoms with Crippen LogP contribution in [0.3, 0.4) is 0 Å². The van der Waals surface area contributed by atoms with Crippen LogP contribution in [0.2, 0.25) is 0 Å². The van der Waals surface area contributed by atoms with Gasteiger partial charge in [0.25, 0.3) is 0 Å². The van der Waals surface area contributed by atoms with Gasteiger partial charge in [0, 0.05) is 19.1 Å². The molecule has 2 aromatic carbocycles.